The van der Waals surface area contributed by atoms with Crippen LogP contribution in [0.3, 0.4) is 0 Å². The first-order chi connectivity index (χ1) is 12.6. The van der Waals surface area contributed by atoms with Gasteiger partial charge in [-0.1, -0.05) is 19.1 Å². The molecule has 26 heavy (non-hydrogen) atoms. The minimum atomic E-state index is -0.170. The molecule has 2 aromatic heterocycles. The van der Waals surface area contributed by atoms with E-state index in [4.69, 9.17) is 4.74 Å². The minimum Gasteiger partial charge on any atom is -0.481 e. The molecule has 0 fully saturated rings. The Kier molecular flexibility index (Phi) is 5.36. The number of fused-ring (bicyclic) bond motifs is 1. The van der Waals surface area contributed by atoms with Gasteiger partial charge in [0.05, 0.1) is 30.0 Å². The molecule has 1 aromatic carbocycles. The van der Waals surface area contributed by atoms with Crippen molar-refractivity contribution in [3.05, 3.63) is 53.1 Å². The summed E-state index contributed by atoms with van der Waals surface area (Å²) in [5.41, 5.74) is 2.27. The number of hydrogen-bond acceptors (Lipinski definition) is 4. The third-order valence-corrected chi connectivity index (χ3v) is 4.16. The summed E-state index contributed by atoms with van der Waals surface area (Å²) in [6, 6.07) is 11.1. The average Bonchev–Trinajstić information content (AvgIpc) is 2.93. The summed E-state index contributed by atoms with van der Waals surface area (Å²) in [7, 11) is 1.54. The molecule has 3 aromatic rings. The highest BCUT2D eigenvalue weighted by Crippen LogP contribution is 2.14. The molecule has 1 amide bonds. The number of methoxy groups -OCH3 is 1. The van der Waals surface area contributed by atoms with Crippen molar-refractivity contribution in [3.8, 4) is 5.88 Å². The van der Waals surface area contributed by atoms with Crippen LogP contribution in [0, 0.1) is 0 Å². The highest BCUT2D eigenvalue weighted by Gasteiger charge is 2.13. The summed E-state index contributed by atoms with van der Waals surface area (Å²) in [6.45, 7) is 3.02. The predicted molar refractivity (Wildman–Crippen MR) is 101 cm³/mol. The van der Waals surface area contributed by atoms with Crippen LogP contribution in [0.25, 0.3) is 11.0 Å². The fourth-order valence-electron chi connectivity index (χ4n) is 2.94. The Labute approximate surface area is 151 Å². The number of para-hydroxylation sites is 2. The fraction of sp³-hybridized carbons (Fsp3) is 0.316. The van der Waals surface area contributed by atoms with Gasteiger partial charge in [0.2, 0.25) is 11.8 Å². The zero-order valence-corrected chi connectivity index (χ0v) is 14.9. The normalized spacial score (nSPS) is 10.8. The number of aryl methyl sites for hydroxylation is 2. The molecule has 0 spiro atoms. The standard InChI is InChI=1S/C19H22N4O3/c1-3-11-22-15-6-4-5-7-16(15)23(19(22)25)12-10-17(24)21-14-8-9-18(26-2)20-13-14/h4-9,13H,3,10-12H2,1-2H3,(H,21,24). The Bertz CT molecular complexity index is 957. The van der Waals surface area contributed by atoms with E-state index in [2.05, 4.69) is 10.3 Å². The lowest BCUT2D eigenvalue weighted by Gasteiger charge is -2.06. The average molecular weight is 354 g/mol. The summed E-state index contributed by atoms with van der Waals surface area (Å²) in [4.78, 5) is 29.0. The zero-order chi connectivity index (χ0) is 18.5. The van der Waals surface area contributed by atoms with E-state index in [9.17, 15) is 9.59 Å². The van der Waals surface area contributed by atoms with Crippen molar-refractivity contribution in [2.45, 2.75) is 32.9 Å². The Morgan fingerprint density at radius 1 is 1.12 bits per heavy atom. The van der Waals surface area contributed by atoms with Gasteiger partial charge in [0.1, 0.15) is 0 Å². The van der Waals surface area contributed by atoms with Gasteiger partial charge in [-0.05, 0) is 24.6 Å². The molecule has 0 radical (unpaired) electrons. The van der Waals surface area contributed by atoms with Crippen LogP contribution in [0.5, 0.6) is 5.88 Å². The van der Waals surface area contributed by atoms with Crippen molar-refractivity contribution in [2.75, 3.05) is 12.4 Å². The maximum Gasteiger partial charge on any atom is 0.329 e. The topological polar surface area (TPSA) is 78.2 Å². The van der Waals surface area contributed by atoms with Crippen LogP contribution in [0.1, 0.15) is 19.8 Å². The Morgan fingerprint density at radius 2 is 1.81 bits per heavy atom. The van der Waals surface area contributed by atoms with Crippen LogP contribution in [-0.4, -0.2) is 27.1 Å². The van der Waals surface area contributed by atoms with Crippen molar-refractivity contribution in [1.29, 1.82) is 0 Å². The van der Waals surface area contributed by atoms with Gasteiger partial charge >= 0.3 is 5.69 Å². The van der Waals surface area contributed by atoms with Gasteiger partial charge < -0.3 is 10.1 Å². The monoisotopic (exact) mass is 354 g/mol. The van der Waals surface area contributed by atoms with Gasteiger partial charge in [0, 0.05) is 25.6 Å². The summed E-state index contributed by atoms with van der Waals surface area (Å²) >= 11 is 0. The van der Waals surface area contributed by atoms with Gasteiger partial charge in [0.25, 0.3) is 0 Å². The van der Waals surface area contributed by atoms with E-state index >= 15 is 0 Å². The van der Waals surface area contributed by atoms with Gasteiger partial charge in [-0.3, -0.25) is 13.9 Å². The van der Waals surface area contributed by atoms with E-state index in [1.54, 1.807) is 21.3 Å². The highest BCUT2D eigenvalue weighted by atomic mass is 16.5. The van der Waals surface area contributed by atoms with Gasteiger partial charge in [-0.25, -0.2) is 9.78 Å². The molecule has 0 unspecified atom stereocenters. The zero-order valence-electron chi connectivity index (χ0n) is 14.9. The third kappa shape index (κ3) is 3.61. The fourth-order valence-corrected chi connectivity index (χ4v) is 2.94. The minimum absolute atomic E-state index is 0.0769. The van der Waals surface area contributed by atoms with Gasteiger partial charge in [-0.2, -0.15) is 0 Å². The molecule has 0 aliphatic heterocycles. The maximum atomic E-state index is 12.7. The van der Waals surface area contributed by atoms with Crippen LogP contribution < -0.4 is 15.7 Å². The molecular weight excluding hydrogens is 332 g/mol. The highest BCUT2D eigenvalue weighted by molar-refractivity contribution is 5.90. The lowest BCUT2D eigenvalue weighted by molar-refractivity contribution is -0.116. The Morgan fingerprint density at radius 3 is 2.38 bits per heavy atom. The van der Waals surface area contributed by atoms with Crippen LogP contribution >= 0.6 is 0 Å². The number of carbonyl (C=O) groups is 1. The van der Waals surface area contributed by atoms with Crippen LogP contribution in [0.4, 0.5) is 5.69 Å². The predicted octanol–water partition coefficient (Wildman–Crippen LogP) is 2.65. The molecule has 2 heterocycles. The van der Waals surface area contributed by atoms with E-state index in [-0.39, 0.29) is 18.0 Å². The second kappa shape index (κ2) is 7.86. The molecule has 0 saturated heterocycles. The van der Waals surface area contributed by atoms with E-state index < -0.39 is 0 Å². The number of imidazole rings is 1. The van der Waals surface area contributed by atoms with Crippen molar-refractivity contribution in [1.82, 2.24) is 14.1 Å². The molecule has 3 rings (SSSR count). The largest absolute Gasteiger partial charge is 0.481 e. The molecule has 0 saturated carbocycles. The van der Waals surface area contributed by atoms with Crippen molar-refractivity contribution in [3.63, 3.8) is 0 Å². The number of aromatic nitrogens is 3. The molecule has 0 aliphatic carbocycles. The van der Waals surface area contributed by atoms with Crippen molar-refractivity contribution < 1.29 is 9.53 Å². The van der Waals surface area contributed by atoms with Crippen LogP contribution in [0.2, 0.25) is 0 Å². The second-order valence-electron chi connectivity index (χ2n) is 5.96. The first-order valence-corrected chi connectivity index (χ1v) is 8.62. The van der Waals surface area contributed by atoms with Gasteiger partial charge in [-0.15, -0.1) is 0 Å². The van der Waals surface area contributed by atoms with Crippen LogP contribution in [0.15, 0.2) is 47.4 Å². The Balaban J connectivity index is 1.73. The summed E-state index contributed by atoms with van der Waals surface area (Å²) in [5, 5.41) is 2.78. The molecule has 1 N–H and O–H groups in total. The molecule has 136 valence electrons. The number of amides is 1. The number of pyridine rings is 1. The SMILES string of the molecule is CCCn1c(=O)n(CCC(=O)Nc2ccc(OC)nc2)c2ccccc21. The first kappa shape index (κ1) is 17.7. The number of nitrogens with one attached hydrogen (secondary N) is 1. The number of benzene rings is 1. The maximum absolute atomic E-state index is 12.7. The van der Waals surface area contributed by atoms with Crippen molar-refractivity contribution in [2.24, 2.45) is 0 Å². The first-order valence-electron chi connectivity index (χ1n) is 8.62. The van der Waals surface area contributed by atoms with E-state index in [0.717, 1.165) is 17.5 Å². The molecule has 0 aliphatic rings. The number of anilines is 1. The number of nitrogens with zero attached hydrogens (tertiary/aromatic N) is 3. The summed E-state index contributed by atoms with van der Waals surface area (Å²) in [6.07, 6.45) is 2.61. The second-order valence-corrected chi connectivity index (χ2v) is 5.96. The number of carbonyl (C=O) groups excluding carboxylic acids is 1. The van der Waals surface area contributed by atoms with E-state index in [1.807, 2.05) is 31.2 Å². The van der Waals surface area contributed by atoms with Crippen LogP contribution in [-0.2, 0) is 17.9 Å². The molecule has 7 heteroatoms. The lowest BCUT2D eigenvalue weighted by Crippen LogP contribution is -2.26. The Hall–Kier alpha value is -3.09. The lowest BCUT2D eigenvalue weighted by atomic mass is 10.3. The smallest absolute Gasteiger partial charge is 0.329 e. The molecule has 7 nitrogen and oxygen atoms in total. The van der Waals surface area contributed by atoms with E-state index in [1.165, 1.54) is 13.3 Å². The van der Waals surface area contributed by atoms with Crippen molar-refractivity contribution >= 4 is 22.6 Å². The quantitative estimate of drug-likeness (QED) is 0.707. The number of hydrogen-bond donors (Lipinski definition) is 1. The number of rotatable bonds is 7. The third-order valence-electron chi connectivity index (χ3n) is 4.16. The molecular formula is C19H22N4O3. The molecule has 0 atom stereocenters. The van der Waals surface area contributed by atoms with E-state index in [0.29, 0.717) is 24.7 Å². The molecule has 0 bridgehead atoms. The number of ether oxygens (including phenoxy) is 1. The van der Waals surface area contributed by atoms with Gasteiger partial charge in [0.15, 0.2) is 0 Å². The summed E-state index contributed by atoms with van der Waals surface area (Å²) in [5.74, 6) is 0.314. The summed E-state index contributed by atoms with van der Waals surface area (Å²) < 4.78 is 8.42.